The minimum Gasteiger partial charge on any atom is -0.492 e. The SMILES string of the molecule is CC(C)(C)NC(=O)Nc1cnc(-n2cccn2)nc1O. The van der Waals surface area contributed by atoms with Gasteiger partial charge in [0.2, 0.25) is 5.88 Å². The number of amides is 2. The van der Waals surface area contributed by atoms with Crippen molar-refractivity contribution in [1.82, 2.24) is 25.1 Å². The Labute approximate surface area is 115 Å². The summed E-state index contributed by atoms with van der Waals surface area (Å²) in [4.78, 5) is 19.6. The van der Waals surface area contributed by atoms with E-state index in [2.05, 4.69) is 25.7 Å². The molecular weight excluding hydrogens is 260 g/mol. The Morgan fingerprint density at radius 2 is 2.15 bits per heavy atom. The zero-order valence-corrected chi connectivity index (χ0v) is 11.5. The van der Waals surface area contributed by atoms with E-state index >= 15 is 0 Å². The number of urea groups is 1. The van der Waals surface area contributed by atoms with Crippen molar-refractivity contribution in [2.45, 2.75) is 26.3 Å². The predicted octanol–water partition coefficient (Wildman–Crippen LogP) is 1.29. The van der Waals surface area contributed by atoms with Crippen LogP contribution in [0.1, 0.15) is 20.8 Å². The first kappa shape index (κ1) is 13.8. The highest BCUT2D eigenvalue weighted by atomic mass is 16.3. The van der Waals surface area contributed by atoms with Gasteiger partial charge in [-0.25, -0.2) is 14.5 Å². The molecule has 106 valence electrons. The largest absolute Gasteiger partial charge is 0.492 e. The summed E-state index contributed by atoms with van der Waals surface area (Å²) in [6.45, 7) is 5.55. The molecule has 0 aliphatic rings. The van der Waals surface area contributed by atoms with Crippen LogP contribution in [0.15, 0.2) is 24.7 Å². The van der Waals surface area contributed by atoms with E-state index in [1.54, 1.807) is 18.5 Å². The van der Waals surface area contributed by atoms with Crippen LogP contribution in [-0.4, -0.2) is 36.4 Å². The van der Waals surface area contributed by atoms with Gasteiger partial charge in [0, 0.05) is 17.9 Å². The van der Waals surface area contributed by atoms with E-state index in [4.69, 9.17) is 0 Å². The van der Waals surface area contributed by atoms with Gasteiger partial charge < -0.3 is 15.7 Å². The maximum Gasteiger partial charge on any atom is 0.319 e. The molecule has 0 fully saturated rings. The lowest BCUT2D eigenvalue weighted by Crippen LogP contribution is -2.43. The molecular formula is C12H16N6O2. The molecule has 2 aromatic heterocycles. The highest BCUT2D eigenvalue weighted by Gasteiger charge is 2.16. The summed E-state index contributed by atoms with van der Waals surface area (Å²) in [6, 6.07) is 1.27. The van der Waals surface area contributed by atoms with Gasteiger partial charge in [0.25, 0.3) is 5.95 Å². The lowest BCUT2D eigenvalue weighted by Gasteiger charge is -2.20. The first-order valence-electron chi connectivity index (χ1n) is 6.00. The maximum absolute atomic E-state index is 11.7. The smallest absolute Gasteiger partial charge is 0.319 e. The van der Waals surface area contributed by atoms with Crippen LogP contribution in [0.4, 0.5) is 10.5 Å². The van der Waals surface area contributed by atoms with Gasteiger partial charge in [0.05, 0.1) is 6.20 Å². The van der Waals surface area contributed by atoms with Crippen molar-refractivity contribution in [1.29, 1.82) is 0 Å². The fourth-order valence-corrected chi connectivity index (χ4v) is 1.44. The van der Waals surface area contributed by atoms with Crippen molar-refractivity contribution >= 4 is 11.7 Å². The van der Waals surface area contributed by atoms with Crippen LogP contribution >= 0.6 is 0 Å². The van der Waals surface area contributed by atoms with Gasteiger partial charge in [0.15, 0.2) is 0 Å². The number of hydrogen-bond donors (Lipinski definition) is 3. The monoisotopic (exact) mass is 276 g/mol. The number of aromatic nitrogens is 4. The van der Waals surface area contributed by atoms with Gasteiger partial charge in [-0.1, -0.05) is 0 Å². The second-order valence-electron chi connectivity index (χ2n) is 5.19. The third kappa shape index (κ3) is 3.44. The molecule has 2 aromatic rings. The number of aromatic hydroxyl groups is 1. The lowest BCUT2D eigenvalue weighted by molar-refractivity contribution is 0.243. The molecule has 0 aliphatic carbocycles. The minimum atomic E-state index is -0.441. The number of anilines is 1. The van der Waals surface area contributed by atoms with Crippen LogP contribution in [0.2, 0.25) is 0 Å². The normalized spacial score (nSPS) is 11.2. The fraction of sp³-hybridized carbons (Fsp3) is 0.333. The zero-order chi connectivity index (χ0) is 14.8. The highest BCUT2D eigenvalue weighted by molar-refractivity contribution is 5.90. The molecule has 0 radical (unpaired) electrons. The Hall–Kier alpha value is -2.64. The van der Waals surface area contributed by atoms with Crippen molar-refractivity contribution < 1.29 is 9.90 Å². The van der Waals surface area contributed by atoms with Crippen molar-refractivity contribution in [3.63, 3.8) is 0 Å². The maximum atomic E-state index is 11.7. The molecule has 0 aromatic carbocycles. The molecule has 2 heterocycles. The topological polar surface area (TPSA) is 105 Å². The van der Waals surface area contributed by atoms with Crippen molar-refractivity contribution in [3.8, 4) is 11.8 Å². The van der Waals surface area contributed by atoms with Crippen LogP contribution in [-0.2, 0) is 0 Å². The van der Waals surface area contributed by atoms with E-state index in [1.807, 2.05) is 20.8 Å². The number of carbonyl (C=O) groups excluding carboxylic acids is 1. The fourth-order valence-electron chi connectivity index (χ4n) is 1.44. The molecule has 2 amide bonds. The highest BCUT2D eigenvalue weighted by Crippen LogP contribution is 2.19. The van der Waals surface area contributed by atoms with Crippen LogP contribution in [0.3, 0.4) is 0 Å². The number of hydrogen-bond acceptors (Lipinski definition) is 5. The van der Waals surface area contributed by atoms with Crippen LogP contribution in [0.25, 0.3) is 5.95 Å². The average molecular weight is 276 g/mol. The molecule has 8 heteroatoms. The van der Waals surface area contributed by atoms with Gasteiger partial charge in [-0.3, -0.25) is 0 Å². The first-order valence-corrected chi connectivity index (χ1v) is 6.00. The van der Waals surface area contributed by atoms with Crippen molar-refractivity contribution in [2.24, 2.45) is 0 Å². The molecule has 20 heavy (non-hydrogen) atoms. The Morgan fingerprint density at radius 1 is 1.40 bits per heavy atom. The Balaban J connectivity index is 2.13. The summed E-state index contributed by atoms with van der Waals surface area (Å²) in [6.07, 6.45) is 4.54. The lowest BCUT2D eigenvalue weighted by atomic mass is 10.1. The third-order valence-corrected chi connectivity index (χ3v) is 2.20. The Bertz CT molecular complexity index is 603. The minimum absolute atomic E-state index is 0.127. The van der Waals surface area contributed by atoms with E-state index in [0.717, 1.165) is 0 Å². The summed E-state index contributed by atoms with van der Waals surface area (Å²) in [5.41, 5.74) is -0.252. The number of carbonyl (C=O) groups is 1. The average Bonchev–Trinajstić information content (AvgIpc) is 2.82. The quantitative estimate of drug-likeness (QED) is 0.766. The Kier molecular flexibility index (Phi) is 3.55. The number of nitrogens with zero attached hydrogens (tertiary/aromatic N) is 4. The third-order valence-electron chi connectivity index (χ3n) is 2.20. The van der Waals surface area contributed by atoms with E-state index in [0.29, 0.717) is 0 Å². The van der Waals surface area contributed by atoms with E-state index in [1.165, 1.54) is 10.9 Å². The first-order chi connectivity index (χ1) is 9.35. The van der Waals surface area contributed by atoms with Crippen LogP contribution in [0.5, 0.6) is 5.88 Å². The number of rotatable bonds is 2. The van der Waals surface area contributed by atoms with Crippen LogP contribution < -0.4 is 10.6 Å². The molecule has 0 spiro atoms. The van der Waals surface area contributed by atoms with E-state index in [9.17, 15) is 9.90 Å². The van der Waals surface area contributed by atoms with E-state index in [-0.39, 0.29) is 23.1 Å². The summed E-state index contributed by atoms with van der Waals surface area (Å²) in [5.74, 6) is -0.108. The summed E-state index contributed by atoms with van der Waals surface area (Å²) in [7, 11) is 0. The molecule has 0 saturated heterocycles. The van der Waals surface area contributed by atoms with Gasteiger partial charge >= 0.3 is 6.03 Å². The van der Waals surface area contributed by atoms with Crippen molar-refractivity contribution in [2.75, 3.05) is 5.32 Å². The predicted molar refractivity (Wildman–Crippen MR) is 72.7 cm³/mol. The second-order valence-corrected chi connectivity index (χ2v) is 5.19. The van der Waals surface area contributed by atoms with E-state index < -0.39 is 6.03 Å². The summed E-state index contributed by atoms with van der Waals surface area (Å²) < 4.78 is 1.40. The van der Waals surface area contributed by atoms with Crippen molar-refractivity contribution in [3.05, 3.63) is 24.7 Å². The number of nitrogens with one attached hydrogen (secondary N) is 2. The molecule has 0 aliphatic heterocycles. The van der Waals surface area contributed by atoms with Gasteiger partial charge in [0.1, 0.15) is 5.69 Å². The van der Waals surface area contributed by atoms with Crippen LogP contribution in [0, 0.1) is 0 Å². The molecule has 0 unspecified atom stereocenters. The summed E-state index contributed by atoms with van der Waals surface area (Å²) in [5, 5.41) is 18.9. The molecule has 0 bridgehead atoms. The molecule has 0 atom stereocenters. The second kappa shape index (κ2) is 5.16. The Morgan fingerprint density at radius 3 is 2.70 bits per heavy atom. The van der Waals surface area contributed by atoms with Gasteiger partial charge in [-0.15, -0.1) is 0 Å². The molecule has 0 saturated carbocycles. The molecule has 8 nitrogen and oxygen atoms in total. The summed E-state index contributed by atoms with van der Waals surface area (Å²) >= 11 is 0. The molecule has 3 N–H and O–H groups in total. The molecule has 2 rings (SSSR count). The van der Waals surface area contributed by atoms with Gasteiger partial charge in [-0.05, 0) is 26.8 Å². The standard InChI is InChI=1S/C12H16N6O2/c1-12(2,3)17-11(20)15-8-7-13-10(16-9(8)19)18-6-4-5-14-18/h4-7H,1-3H3,(H,13,16,19)(H2,15,17,20). The zero-order valence-electron chi connectivity index (χ0n) is 11.5. The van der Waals surface area contributed by atoms with Gasteiger partial charge in [-0.2, -0.15) is 10.1 Å².